The minimum atomic E-state index is -3.08. The molecule has 0 heterocycles. The fourth-order valence-electron chi connectivity index (χ4n) is 1.80. The third-order valence-corrected chi connectivity index (χ3v) is 3.74. The third-order valence-electron chi connectivity index (χ3n) is 2.85. The molecular formula is C15H15BrNO5P. The van der Waals surface area contributed by atoms with E-state index in [1.54, 1.807) is 18.2 Å². The van der Waals surface area contributed by atoms with Crippen LogP contribution in [-0.4, -0.2) is 17.5 Å². The highest BCUT2D eigenvalue weighted by molar-refractivity contribution is 9.10. The standard InChI is InChI=1S/C15H15BrNO5P/c16-12-6-7-13(15(18)17-10-22-23(19)20)14(8-12)21-9-11-4-2-1-3-5-11/h1-8,23H,9-10H2,(H,17,18)(H,19,20). The van der Waals surface area contributed by atoms with Crippen molar-refractivity contribution in [1.29, 1.82) is 0 Å². The van der Waals surface area contributed by atoms with Gasteiger partial charge in [0.15, 0.2) is 0 Å². The van der Waals surface area contributed by atoms with Crippen molar-refractivity contribution in [3.8, 4) is 5.75 Å². The van der Waals surface area contributed by atoms with Gasteiger partial charge >= 0.3 is 8.25 Å². The highest BCUT2D eigenvalue weighted by Crippen LogP contribution is 2.25. The van der Waals surface area contributed by atoms with Crippen LogP contribution in [0.25, 0.3) is 0 Å². The first-order valence-electron chi connectivity index (χ1n) is 6.66. The number of carbonyl (C=O) groups is 1. The van der Waals surface area contributed by atoms with Crippen LogP contribution in [0.1, 0.15) is 15.9 Å². The van der Waals surface area contributed by atoms with Gasteiger partial charge in [-0.05, 0) is 23.8 Å². The Bertz CT molecular complexity index is 696. The molecule has 0 saturated carbocycles. The first kappa shape index (κ1) is 17.7. The lowest BCUT2D eigenvalue weighted by molar-refractivity contribution is 0.0914. The summed E-state index contributed by atoms with van der Waals surface area (Å²) in [6.45, 7) is -0.0280. The third kappa shape index (κ3) is 5.80. The minimum Gasteiger partial charge on any atom is -0.488 e. The number of benzene rings is 2. The molecule has 122 valence electrons. The fourth-order valence-corrected chi connectivity index (χ4v) is 2.33. The second-order valence-corrected chi connectivity index (χ2v) is 6.21. The molecule has 0 saturated heterocycles. The summed E-state index contributed by atoms with van der Waals surface area (Å²) in [7, 11) is -3.08. The van der Waals surface area contributed by atoms with Crippen molar-refractivity contribution in [3.63, 3.8) is 0 Å². The molecule has 2 aromatic carbocycles. The van der Waals surface area contributed by atoms with Crippen LogP contribution >= 0.6 is 24.2 Å². The van der Waals surface area contributed by atoms with Crippen molar-refractivity contribution in [2.24, 2.45) is 0 Å². The van der Waals surface area contributed by atoms with E-state index in [-0.39, 0.29) is 6.73 Å². The molecule has 0 spiro atoms. The maximum atomic E-state index is 12.1. The Morgan fingerprint density at radius 2 is 1.96 bits per heavy atom. The predicted molar refractivity (Wildman–Crippen MR) is 89.6 cm³/mol. The van der Waals surface area contributed by atoms with Gasteiger partial charge < -0.3 is 14.9 Å². The maximum absolute atomic E-state index is 12.1. The van der Waals surface area contributed by atoms with Crippen LogP contribution in [0.15, 0.2) is 53.0 Å². The van der Waals surface area contributed by atoms with Gasteiger partial charge in [-0.25, -0.2) is 0 Å². The Morgan fingerprint density at radius 1 is 1.22 bits per heavy atom. The van der Waals surface area contributed by atoms with Crippen LogP contribution in [0.2, 0.25) is 0 Å². The first-order chi connectivity index (χ1) is 11.1. The van der Waals surface area contributed by atoms with E-state index in [1.807, 2.05) is 30.3 Å². The Hall–Kier alpha value is -1.66. The number of amides is 1. The van der Waals surface area contributed by atoms with Crippen molar-refractivity contribution >= 4 is 30.1 Å². The van der Waals surface area contributed by atoms with Gasteiger partial charge in [0.2, 0.25) is 0 Å². The van der Waals surface area contributed by atoms with Crippen molar-refractivity contribution in [2.45, 2.75) is 6.61 Å². The summed E-state index contributed by atoms with van der Waals surface area (Å²) in [5, 5.41) is 2.40. The number of nitrogens with one attached hydrogen (secondary N) is 1. The summed E-state index contributed by atoms with van der Waals surface area (Å²) in [6, 6.07) is 14.6. The molecule has 2 N–H and O–H groups in total. The van der Waals surface area contributed by atoms with Crippen molar-refractivity contribution in [1.82, 2.24) is 5.32 Å². The summed E-state index contributed by atoms with van der Waals surface area (Å²) in [6.07, 6.45) is 0. The molecule has 0 aromatic heterocycles. The quantitative estimate of drug-likeness (QED) is 0.551. The Labute approximate surface area is 142 Å². The molecule has 8 heteroatoms. The van der Waals surface area contributed by atoms with Crippen LogP contribution < -0.4 is 10.1 Å². The summed E-state index contributed by atoms with van der Waals surface area (Å²) in [4.78, 5) is 20.7. The van der Waals surface area contributed by atoms with E-state index in [0.717, 1.165) is 10.0 Å². The highest BCUT2D eigenvalue weighted by Gasteiger charge is 2.13. The van der Waals surface area contributed by atoms with Gasteiger partial charge in [0, 0.05) is 4.47 Å². The summed E-state index contributed by atoms with van der Waals surface area (Å²) in [5.41, 5.74) is 1.28. The van der Waals surface area contributed by atoms with Gasteiger partial charge in [0.1, 0.15) is 19.1 Å². The van der Waals surface area contributed by atoms with E-state index in [2.05, 4.69) is 25.8 Å². The van der Waals surface area contributed by atoms with E-state index >= 15 is 0 Å². The maximum Gasteiger partial charge on any atom is 0.318 e. The van der Waals surface area contributed by atoms with Crippen LogP contribution in [0.4, 0.5) is 0 Å². The summed E-state index contributed by atoms with van der Waals surface area (Å²) in [5.74, 6) is -0.0545. The Morgan fingerprint density at radius 3 is 2.65 bits per heavy atom. The van der Waals surface area contributed by atoms with Crippen LogP contribution in [-0.2, 0) is 15.7 Å². The fraction of sp³-hybridized carbons (Fsp3) is 0.133. The zero-order valence-electron chi connectivity index (χ0n) is 12.0. The summed E-state index contributed by atoms with van der Waals surface area (Å²) >= 11 is 3.34. The largest absolute Gasteiger partial charge is 0.488 e. The number of carbonyl (C=O) groups excluding carboxylic acids is 1. The number of hydrogen-bond donors (Lipinski definition) is 2. The molecule has 0 radical (unpaired) electrons. The van der Waals surface area contributed by atoms with Gasteiger partial charge in [-0.15, -0.1) is 0 Å². The number of hydrogen-bond acceptors (Lipinski definition) is 4. The van der Waals surface area contributed by atoms with Gasteiger partial charge in [0.05, 0.1) is 5.56 Å². The number of halogens is 1. The van der Waals surface area contributed by atoms with Crippen molar-refractivity contribution < 1.29 is 23.5 Å². The topological polar surface area (TPSA) is 84.9 Å². The number of ether oxygens (including phenoxy) is 1. The van der Waals surface area contributed by atoms with Crippen LogP contribution in [0.3, 0.4) is 0 Å². The Balaban J connectivity index is 2.07. The SMILES string of the molecule is O=C(NCO[PH](=O)O)c1ccc(Br)cc1OCc1ccccc1. The minimum absolute atomic E-state index is 0.311. The lowest BCUT2D eigenvalue weighted by Gasteiger charge is -2.12. The predicted octanol–water partition coefficient (Wildman–Crippen LogP) is 3.11. The zero-order valence-corrected chi connectivity index (χ0v) is 14.6. The van der Waals surface area contributed by atoms with Gasteiger partial charge in [-0.1, -0.05) is 46.3 Å². The molecule has 0 aliphatic rings. The first-order valence-corrected chi connectivity index (χ1v) is 8.72. The van der Waals surface area contributed by atoms with E-state index in [4.69, 9.17) is 9.63 Å². The van der Waals surface area contributed by atoms with Crippen molar-refractivity contribution in [2.75, 3.05) is 6.73 Å². The lowest BCUT2D eigenvalue weighted by atomic mass is 10.2. The van der Waals surface area contributed by atoms with Crippen LogP contribution in [0, 0.1) is 0 Å². The number of rotatable bonds is 7. The molecule has 1 unspecified atom stereocenters. The normalized spacial score (nSPS) is 11.7. The zero-order chi connectivity index (χ0) is 16.7. The molecule has 1 amide bonds. The van der Waals surface area contributed by atoms with E-state index in [1.165, 1.54) is 0 Å². The van der Waals surface area contributed by atoms with Gasteiger partial charge in [-0.2, -0.15) is 0 Å². The summed E-state index contributed by atoms with van der Waals surface area (Å²) < 4.78 is 21.4. The molecule has 0 aliphatic carbocycles. The Kier molecular flexibility index (Phi) is 6.80. The molecule has 2 rings (SSSR count). The molecule has 0 fully saturated rings. The van der Waals surface area contributed by atoms with Gasteiger partial charge in [0.25, 0.3) is 5.91 Å². The highest BCUT2D eigenvalue weighted by atomic mass is 79.9. The average Bonchev–Trinajstić information content (AvgIpc) is 2.53. The van der Waals surface area contributed by atoms with E-state index < -0.39 is 14.2 Å². The molecule has 6 nitrogen and oxygen atoms in total. The molecule has 23 heavy (non-hydrogen) atoms. The van der Waals surface area contributed by atoms with Gasteiger partial charge in [-0.3, -0.25) is 13.9 Å². The lowest BCUT2D eigenvalue weighted by Crippen LogP contribution is -2.25. The van der Waals surface area contributed by atoms with E-state index in [9.17, 15) is 9.36 Å². The van der Waals surface area contributed by atoms with Crippen LogP contribution in [0.5, 0.6) is 5.75 Å². The second kappa shape index (κ2) is 8.84. The monoisotopic (exact) mass is 399 g/mol. The van der Waals surface area contributed by atoms with Crippen molar-refractivity contribution in [3.05, 3.63) is 64.1 Å². The average molecular weight is 400 g/mol. The molecule has 2 aromatic rings. The molecule has 1 atom stereocenters. The molecule has 0 bridgehead atoms. The second-order valence-electron chi connectivity index (χ2n) is 4.48. The molecular weight excluding hydrogens is 385 g/mol. The van der Waals surface area contributed by atoms with E-state index in [0.29, 0.717) is 17.9 Å². The smallest absolute Gasteiger partial charge is 0.318 e. The molecule has 0 aliphatic heterocycles.